The van der Waals surface area contributed by atoms with Gasteiger partial charge in [0.25, 0.3) is 5.56 Å². The van der Waals surface area contributed by atoms with Crippen molar-refractivity contribution in [2.24, 2.45) is 0 Å². The largest absolute Gasteiger partial charge is 0.471 e. The Kier molecular flexibility index (Phi) is 4.20. The van der Waals surface area contributed by atoms with Gasteiger partial charge in [-0.15, -0.1) is 0 Å². The monoisotopic (exact) mass is 349 g/mol. The summed E-state index contributed by atoms with van der Waals surface area (Å²) in [4.78, 5) is 15.7. The number of hydrogen-bond donors (Lipinski definition) is 0. The molecular formula is C17H14F3N3O2. The molecule has 0 bridgehead atoms. The highest BCUT2D eigenvalue weighted by Crippen LogP contribution is 2.29. The molecule has 25 heavy (non-hydrogen) atoms. The number of benzene rings is 1. The Hall–Kier alpha value is -2.90. The van der Waals surface area contributed by atoms with Gasteiger partial charge in [0, 0.05) is 17.8 Å². The fourth-order valence-corrected chi connectivity index (χ4v) is 2.61. The maximum Gasteiger partial charge on any atom is 0.471 e. The summed E-state index contributed by atoms with van der Waals surface area (Å²) in [5.41, 5.74) is 1.82. The van der Waals surface area contributed by atoms with E-state index < -0.39 is 12.1 Å². The zero-order valence-corrected chi connectivity index (χ0v) is 13.4. The first-order valence-corrected chi connectivity index (χ1v) is 7.46. The minimum Gasteiger partial charge on any atom is -0.329 e. The molecule has 0 saturated heterocycles. The predicted octanol–water partition coefficient (Wildman–Crippen LogP) is 3.83. The zero-order chi connectivity index (χ0) is 18.2. The van der Waals surface area contributed by atoms with Crippen LogP contribution in [0.4, 0.5) is 13.2 Å². The number of halogens is 3. The maximum absolute atomic E-state index is 12.5. The molecule has 2 heterocycles. The highest BCUT2D eigenvalue weighted by atomic mass is 19.4. The second kappa shape index (κ2) is 6.19. The van der Waals surface area contributed by atoms with Crippen LogP contribution in [0, 0.1) is 6.92 Å². The minimum atomic E-state index is -4.72. The summed E-state index contributed by atoms with van der Waals surface area (Å²) < 4.78 is 43.3. The van der Waals surface area contributed by atoms with Gasteiger partial charge in [0.15, 0.2) is 0 Å². The highest BCUT2D eigenvalue weighted by Gasteiger charge is 2.38. The first-order chi connectivity index (χ1) is 11.8. The minimum absolute atomic E-state index is 0.164. The summed E-state index contributed by atoms with van der Waals surface area (Å²) in [5.74, 6) is -1.72. The van der Waals surface area contributed by atoms with E-state index >= 15 is 0 Å². The van der Waals surface area contributed by atoms with Gasteiger partial charge in [-0.2, -0.15) is 18.2 Å². The summed E-state index contributed by atoms with van der Waals surface area (Å²) in [6.45, 7) is 3.82. The average molecular weight is 349 g/mol. The molecule has 0 spiro atoms. The number of rotatable bonds is 3. The van der Waals surface area contributed by atoms with Crippen molar-refractivity contribution < 1.29 is 17.7 Å². The van der Waals surface area contributed by atoms with E-state index in [2.05, 4.69) is 14.7 Å². The molecule has 0 radical (unpaired) electrons. The van der Waals surface area contributed by atoms with Crippen molar-refractivity contribution in [1.82, 2.24) is 14.7 Å². The van der Waals surface area contributed by atoms with E-state index in [1.165, 1.54) is 22.9 Å². The van der Waals surface area contributed by atoms with Crippen molar-refractivity contribution in [3.05, 3.63) is 70.0 Å². The molecule has 3 aromatic rings. The summed E-state index contributed by atoms with van der Waals surface area (Å²) in [5, 5.41) is 3.29. The SMILES string of the molecule is Cc1ccccc1C(C)n1ccc(-c2noc(C(F)(F)F)n2)cc1=O. The molecule has 0 fully saturated rings. The molecule has 1 atom stereocenters. The average Bonchev–Trinajstić information content (AvgIpc) is 3.05. The molecule has 0 aliphatic heterocycles. The Morgan fingerprint density at radius 1 is 1.20 bits per heavy atom. The standard InChI is InChI=1S/C17H14F3N3O2/c1-10-5-3-4-6-13(10)11(2)23-8-7-12(9-14(23)24)15-21-16(25-22-15)17(18,19)20/h3-9,11H,1-2H3. The van der Waals surface area contributed by atoms with Crippen molar-refractivity contribution >= 4 is 0 Å². The van der Waals surface area contributed by atoms with Gasteiger partial charge in [0.2, 0.25) is 5.82 Å². The van der Waals surface area contributed by atoms with Crippen LogP contribution in [0.3, 0.4) is 0 Å². The number of aryl methyl sites for hydroxylation is 1. The van der Waals surface area contributed by atoms with E-state index in [9.17, 15) is 18.0 Å². The van der Waals surface area contributed by atoms with Crippen LogP contribution < -0.4 is 5.56 Å². The van der Waals surface area contributed by atoms with Gasteiger partial charge in [-0.1, -0.05) is 29.4 Å². The number of hydrogen-bond acceptors (Lipinski definition) is 4. The smallest absolute Gasteiger partial charge is 0.329 e. The van der Waals surface area contributed by atoms with Crippen LogP contribution in [-0.2, 0) is 6.18 Å². The lowest BCUT2D eigenvalue weighted by molar-refractivity contribution is -0.159. The second-order valence-corrected chi connectivity index (χ2v) is 5.61. The summed E-state index contributed by atoms with van der Waals surface area (Å²) in [6.07, 6.45) is -3.21. The first kappa shape index (κ1) is 16.9. The van der Waals surface area contributed by atoms with Gasteiger partial charge in [-0.3, -0.25) is 4.79 Å². The zero-order valence-electron chi connectivity index (χ0n) is 13.4. The molecule has 8 heteroatoms. The molecule has 130 valence electrons. The van der Waals surface area contributed by atoms with Gasteiger partial charge in [-0.25, -0.2) is 0 Å². The molecule has 0 aliphatic rings. The van der Waals surface area contributed by atoms with Crippen molar-refractivity contribution in [3.8, 4) is 11.4 Å². The Bertz CT molecular complexity index is 960. The van der Waals surface area contributed by atoms with Gasteiger partial charge in [-0.05, 0) is 31.0 Å². The van der Waals surface area contributed by atoms with E-state index in [1.807, 2.05) is 38.1 Å². The molecule has 2 aromatic heterocycles. The first-order valence-electron chi connectivity index (χ1n) is 7.46. The van der Waals surface area contributed by atoms with Crippen LogP contribution in [-0.4, -0.2) is 14.7 Å². The Morgan fingerprint density at radius 3 is 2.52 bits per heavy atom. The Balaban J connectivity index is 1.95. The van der Waals surface area contributed by atoms with Crippen LogP contribution in [0.1, 0.15) is 30.0 Å². The molecule has 3 rings (SSSR count). The lowest BCUT2D eigenvalue weighted by Gasteiger charge is -2.17. The van der Waals surface area contributed by atoms with E-state index in [1.54, 1.807) is 0 Å². The van der Waals surface area contributed by atoms with Crippen molar-refractivity contribution in [1.29, 1.82) is 0 Å². The fraction of sp³-hybridized carbons (Fsp3) is 0.235. The number of nitrogens with zero attached hydrogens (tertiary/aromatic N) is 3. The third kappa shape index (κ3) is 3.33. The molecule has 1 aromatic carbocycles. The highest BCUT2D eigenvalue weighted by molar-refractivity contribution is 5.53. The number of pyridine rings is 1. The fourth-order valence-electron chi connectivity index (χ4n) is 2.61. The lowest BCUT2D eigenvalue weighted by atomic mass is 10.0. The van der Waals surface area contributed by atoms with E-state index in [4.69, 9.17) is 0 Å². The van der Waals surface area contributed by atoms with Crippen LogP contribution >= 0.6 is 0 Å². The van der Waals surface area contributed by atoms with E-state index in [-0.39, 0.29) is 23.0 Å². The molecule has 0 amide bonds. The van der Waals surface area contributed by atoms with Crippen molar-refractivity contribution in [2.45, 2.75) is 26.1 Å². The van der Waals surface area contributed by atoms with Crippen LogP contribution in [0.25, 0.3) is 11.4 Å². The van der Waals surface area contributed by atoms with Gasteiger partial charge in [0.1, 0.15) is 0 Å². The topological polar surface area (TPSA) is 60.9 Å². The molecular weight excluding hydrogens is 335 g/mol. The third-order valence-electron chi connectivity index (χ3n) is 3.93. The van der Waals surface area contributed by atoms with Gasteiger partial charge >= 0.3 is 12.1 Å². The van der Waals surface area contributed by atoms with E-state index in [0.717, 1.165) is 11.1 Å². The lowest BCUT2D eigenvalue weighted by Crippen LogP contribution is -2.23. The number of alkyl halides is 3. The van der Waals surface area contributed by atoms with Crippen LogP contribution in [0.5, 0.6) is 0 Å². The number of aromatic nitrogens is 3. The summed E-state index contributed by atoms with van der Waals surface area (Å²) >= 11 is 0. The predicted molar refractivity (Wildman–Crippen MR) is 84.0 cm³/mol. The quantitative estimate of drug-likeness (QED) is 0.721. The second-order valence-electron chi connectivity index (χ2n) is 5.61. The molecule has 0 saturated carbocycles. The Labute approximate surface area is 140 Å². The molecule has 0 aliphatic carbocycles. The van der Waals surface area contributed by atoms with Crippen LogP contribution in [0.2, 0.25) is 0 Å². The summed E-state index contributed by atoms with van der Waals surface area (Å²) in [6, 6.07) is 10.1. The Morgan fingerprint density at radius 2 is 1.92 bits per heavy atom. The van der Waals surface area contributed by atoms with E-state index in [0.29, 0.717) is 0 Å². The van der Waals surface area contributed by atoms with Gasteiger partial charge in [0.05, 0.1) is 6.04 Å². The molecule has 5 nitrogen and oxygen atoms in total. The maximum atomic E-state index is 12.5. The normalized spacial score (nSPS) is 13.0. The van der Waals surface area contributed by atoms with Crippen molar-refractivity contribution in [2.75, 3.05) is 0 Å². The van der Waals surface area contributed by atoms with Crippen molar-refractivity contribution in [3.63, 3.8) is 0 Å². The molecule has 1 unspecified atom stereocenters. The van der Waals surface area contributed by atoms with Crippen LogP contribution in [0.15, 0.2) is 51.9 Å². The summed E-state index contributed by atoms with van der Waals surface area (Å²) in [7, 11) is 0. The molecule has 0 N–H and O–H groups in total. The van der Waals surface area contributed by atoms with Gasteiger partial charge < -0.3 is 9.09 Å². The third-order valence-corrected chi connectivity index (χ3v) is 3.93.